The maximum absolute atomic E-state index is 2.31. The smallest absolute Gasteiger partial charge is 0.0275 e. The fourth-order valence-corrected chi connectivity index (χ4v) is 2.62. The third-order valence-corrected chi connectivity index (χ3v) is 4.31. The van der Waals surface area contributed by atoms with Crippen LogP contribution in [0.2, 0.25) is 0 Å². The molecular formula is C19H39. The second-order valence-electron chi connectivity index (χ2n) is 6.30. The molecule has 0 aliphatic rings. The highest BCUT2D eigenvalue weighted by Gasteiger charge is 1.98. The Bertz CT molecular complexity index is 150. The summed E-state index contributed by atoms with van der Waals surface area (Å²) < 4.78 is 0. The van der Waals surface area contributed by atoms with Crippen molar-refractivity contribution in [1.29, 1.82) is 0 Å². The molecule has 0 bridgehead atoms. The first kappa shape index (κ1) is 19.0. The zero-order valence-corrected chi connectivity index (χ0v) is 14.1. The Kier molecular flexibility index (Phi) is 16.1. The van der Waals surface area contributed by atoms with Gasteiger partial charge in [0.05, 0.1) is 0 Å². The van der Waals surface area contributed by atoms with Gasteiger partial charge in [0.25, 0.3) is 0 Å². The standard InChI is InChI=1S/C19H39/c1-4-6-7-8-9-10-11-12-13-14-15-16-17-18-19(3)5-2/h4-18H2,1-3H3. The number of rotatable bonds is 15. The lowest BCUT2D eigenvalue weighted by atomic mass is 9.99. The number of unbranched alkanes of at least 4 members (excludes halogenated alkanes) is 12. The van der Waals surface area contributed by atoms with E-state index in [1.54, 1.807) is 5.92 Å². The molecular weight excluding hydrogens is 228 g/mol. The van der Waals surface area contributed by atoms with Gasteiger partial charge < -0.3 is 0 Å². The van der Waals surface area contributed by atoms with Crippen molar-refractivity contribution in [2.45, 2.75) is 117 Å². The molecule has 19 heavy (non-hydrogen) atoms. The minimum Gasteiger partial charge on any atom is -0.0654 e. The third kappa shape index (κ3) is 15.9. The molecule has 0 saturated heterocycles. The van der Waals surface area contributed by atoms with Crippen molar-refractivity contribution in [2.24, 2.45) is 0 Å². The summed E-state index contributed by atoms with van der Waals surface area (Å²) in [5.74, 6) is 1.68. The van der Waals surface area contributed by atoms with Crippen molar-refractivity contribution in [2.75, 3.05) is 0 Å². The number of hydrogen-bond donors (Lipinski definition) is 0. The summed E-state index contributed by atoms with van der Waals surface area (Å²) >= 11 is 0. The van der Waals surface area contributed by atoms with Crippen LogP contribution in [0, 0.1) is 5.92 Å². The lowest BCUT2D eigenvalue weighted by Crippen LogP contribution is -1.89. The van der Waals surface area contributed by atoms with E-state index in [4.69, 9.17) is 0 Å². The largest absolute Gasteiger partial charge is 0.0654 e. The molecule has 0 aromatic carbocycles. The molecule has 0 N–H and O–H groups in total. The van der Waals surface area contributed by atoms with Crippen LogP contribution in [0.15, 0.2) is 0 Å². The highest BCUT2D eigenvalue weighted by molar-refractivity contribution is 4.80. The third-order valence-electron chi connectivity index (χ3n) is 4.31. The van der Waals surface area contributed by atoms with Crippen LogP contribution in [0.1, 0.15) is 117 Å². The van der Waals surface area contributed by atoms with E-state index in [9.17, 15) is 0 Å². The van der Waals surface area contributed by atoms with Gasteiger partial charge in [-0.05, 0) is 12.3 Å². The Morgan fingerprint density at radius 3 is 1.26 bits per heavy atom. The van der Waals surface area contributed by atoms with Gasteiger partial charge in [0.2, 0.25) is 0 Å². The summed E-state index contributed by atoms with van der Waals surface area (Å²) in [6, 6.07) is 0. The van der Waals surface area contributed by atoms with Crippen LogP contribution in [0.25, 0.3) is 0 Å². The summed E-state index contributed by atoms with van der Waals surface area (Å²) in [7, 11) is 0. The molecule has 0 nitrogen and oxygen atoms in total. The van der Waals surface area contributed by atoms with E-state index in [1.807, 2.05) is 0 Å². The van der Waals surface area contributed by atoms with Crippen LogP contribution < -0.4 is 0 Å². The molecule has 0 spiro atoms. The first-order valence-electron chi connectivity index (χ1n) is 9.12. The van der Waals surface area contributed by atoms with Crippen molar-refractivity contribution in [3.63, 3.8) is 0 Å². The van der Waals surface area contributed by atoms with Crippen molar-refractivity contribution in [3.8, 4) is 0 Å². The van der Waals surface area contributed by atoms with E-state index in [-0.39, 0.29) is 0 Å². The summed E-state index contributed by atoms with van der Waals surface area (Å²) in [6.45, 7) is 6.87. The molecule has 0 heterocycles. The molecule has 0 aliphatic carbocycles. The second-order valence-corrected chi connectivity index (χ2v) is 6.30. The summed E-state index contributed by atoms with van der Waals surface area (Å²) in [6.07, 6.45) is 21.6. The first-order chi connectivity index (χ1) is 9.31. The molecule has 0 aliphatic heterocycles. The average molecular weight is 268 g/mol. The Hall–Kier alpha value is 0. The summed E-state index contributed by atoms with van der Waals surface area (Å²) in [4.78, 5) is 0. The zero-order chi connectivity index (χ0) is 14.2. The number of hydrogen-bond acceptors (Lipinski definition) is 0. The van der Waals surface area contributed by atoms with Gasteiger partial charge in [0, 0.05) is 0 Å². The summed E-state index contributed by atoms with van der Waals surface area (Å²) in [5.41, 5.74) is 0. The second kappa shape index (κ2) is 16.1. The SMILES string of the molecule is CCCCCCCCCCCCCCC[C](C)CC. The van der Waals surface area contributed by atoms with Gasteiger partial charge in [-0.3, -0.25) is 0 Å². The quantitative estimate of drug-likeness (QED) is 0.270. The van der Waals surface area contributed by atoms with E-state index in [0.717, 1.165) is 0 Å². The minimum absolute atomic E-state index is 1.28. The van der Waals surface area contributed by atoms with E-state index in [1.165, 1.54) is 96.3 Å². The van der Waals surface area contributed by atoms with Gasteiger partial charge in [-0.2, -0.15) is 0 Å². The lowest BCUT2D eigenvalue weighted by molar-refractivity contribution is 0.535. The van der Waals surface area contributed by atoms with Gasteiger partial charge in [-0.25, -0.2) is 0 Å². The minimum atomic E-state index is 1.28. The van der Waals surface area contributed by atoms with Gasteiger partial charge in [0.1, 0.15) is 0 Å². The molecule has 0 heteroatoms. The normalized spacial score (nSPS) is 11.4. The summed E-state index contributed by atoms with van der Waals surface area (Å²) in [5, 5.41) is 0. The molecule has 0 atom stereocenters. The lowest BCUT2D eigenvalue weighted by Gasteiger charge is -2.07. The van der Waals surface area contributed by atoms with Crippen LogP contribution in [-0.4, -0.2) is 0 Å². The Labute approximate surface area is 123 Å². The van der Waals surface area contributed by atoms with Crippen LogP contribution in [0.4, 0.5) is 0 Å². The molecule has 0 unspecified atom stereocenters. The molecule has 0 aromatic heterocycles. The first-order valence-corrected chi connectivity index (χ1v) is 9.12. The predicted molar refractivity (Wildman–Crippen MR) is 89.5 cm³/mol. The Morgan fingerprint density at radius 2 is 0.895 bits per heavy atom. The highest BCUT2D eigenvalue weighted by Crippen LogP contribution is 2.16. The fourth-order valence-electron chi connectivity index (χ4n) is 2.62. The van der Waals surface area contributed by atoms with Crippen LogP contribution in [0.5, 0.6) is 0 Å². The van der Waals surface area contributed by atoms with Crippen LogP contribution >= 0.6 is 0 Å². The van der Waals surface area contributed by atoms with E-state index in [2.05, 4.69) is 20.8 Å². The monoisotopic (exact) mass is 267 g/mol. The van der Waals surface area contributed by atoms with Crippen LogP contribution in [0.3, 0.4) is 0 Å². The Morgan fingerprint density at radius 1 is 0.526 bits per heavy atom. The van der Waals surface area contributed by atoms with Crippen molar-refractivity contribution >= 4 is 0 Å². The molecule has 0 rings (SSSR count). The highest BCUT2D eigenvalue weighted by atomic mass is 14.0. The maximum Gasteiger partial charge on any atom is -0.0275 e. The van der Waals surface area contributed by atoms with Gasteiger partial charge in [0.15, 0.2) is 0 Å². The van der Waals surface area contributed by atoms with Crippen molar-refractivity contribution in [1.82, 2.24) is 0 Å². The molecule has 115 valence electrons. The van der Waals surface area contributed by atoms with Crippen molar-refractivity contribution in [3.05, 3.63) is 5.92 Å². The molecule has 0 saturated carbocycles. The van der Waals surface area contributed by atoms with E-state index >= 15 is 0 Å². The molecule has 0 amide bonds. The average Bonchev–Trinajstić information content (AvgIpc) is 2.43. The Balaban J connectivity index is 2.95. The predicted octanol–water partition coefficient (Wildman–Crippen LogP) is 7.47. The maximum atomic E-state index is 2.31. The molecule has 0 fully saturated rings. The topological polar surface area (TPSA) is 0 Å². The van der Waals surface area contributed by atoms with Gasteiger partial charge in [-0.15, -0.1) is 0 Å². The van der Waals surface area contributed by atoms with E-state index < -0.39 is 0 Å². The molecule has 0 aromatic rings. The van der Waals surface area contributed by atoms with Crippen molar-refractivity contribution < 1.29 is 0 Å². The van der Waals surface area contributed by atoms with Gasteiger partial charge in [-0.1, -0.05) is 111 Å². The van der Waals surface area contributed by atoms with E-state index in [0.29, 0.717) is 0 Å². The van der Waals surface area contributed by atoms with Gasteiger partial charge >= 0.3 is 0 Å². The molecule has 1 radical (unpaired) electrons. The van der Waals surface area contributed by atoms with Crippen LogP contribution in [-0.2, 0) is 0 Å². The zero-order valence-electron chi connectivity index (χ0n) is 14.1. The fraction of sp³-hybridized carbons (Fsp3) is 0.947.